The highest BCUT2D eigenvalue weighted by molar-refractivity contribution is 5.45. The van der Waals surface area contributed by atoms with Crippen LogP contribution < -0.4 is 5.73 Å². The van der Waals surface area contributed by atoms with Crippen molar-refractivity contribution in [3.8, 4) is 0 Å². The van der Waals surface area contributed by atoms with Crippen LogP contribution in [0.25, 0.3) is 0 Å². The minimum atomic E-state index is 0.398. The van der Waals surface area contributed by atoms with Crippen molar-refractivity contribution in [2.45, 2.75) is 38.5 Å². The smallest absolute Gasteiger partial charge is 0.148 e. The quantitative estimate of drug-likeness (QED) is 0.701. The minimum Gasteiger partial charge on any atom is -0.382 e. The van der Waals surface area contributed by atoms with Crippen LogP contribution >= 0.6 is 0 Å². The molecule has 0 aliphatic heterocycles. The van der Waals surface area contributed by atoms with Gasteiger partial charge in [0.15, 0.2) is 0 Å². The van der Waals surface area contributed by atoms with Crippen molar-refractivity contribution in [2.24, 2.45) is 0 Å². The highest BCUT2D eigenvalue weighted by atomic mass is 15.2. The van der Waals surface area contributed by atoms with E-state index in [1.165, 1.54) is 25.0 Å². The van der Waals surface area contributed by atoms with E-state index in [9.17, 15) is 0 Å². The number of nitrogens with zero attached hydrogens (tertiary/aromatic N) is 1. The van der Waals surface area contributed by atoms with Gasteiger partial charge in [0.05, 0.1) is 0 Å². The number of rotatable bonds is 2. The number of hydrogen-bond acceptors (Lipinski definition) is 2. The van der Waals surface area contributed by atoms with E-state index in [0.29, 0.717) is 11.2 Å². The molecule has 0 amide bonds. The fourth-order valence-electron chi connectivity index (χ4n) is 1.86. The third-order valence-electron chi connectivity index (χ3n) is 3.11. The molecule has 0 bridgehead atoms. The van der Waals surface area contributed by atoms with Crippen LogP contribution in [0, 0.1) is 6.92 Å². The predicted molar refractivity (Wildman–Crippen MR) is 48.9 cm³/mol. The summed E-state index contributed by atoms with van der Waals surface area (Å²) in [6.07, 6.45) is 3.76. The van der Waals surface area contributed by atoms with E-state index < -0.39 is 0 Å². The van der Waals surface area contributed by atoms with Gasteiger partial charge in [-0.1, -0.05) is 6.92 Å². The molecule has 12 heavy (non-hydrogen) atoms. The molecule has 1 aliphatic carbocycles. The summed E-state index contributed by atoms with van der Waals surface area (Å²) in [7, 11) is 0. The largest absolute Gasteiger partial charge is 0.382 e. The molecule has 3 nitrogen and oxygen atoms in total. The SMILES string of the molecule is CCC1(c2[nH]nc(N)c2C)CC1. The Bertz CT molecular complexity index is 297. The Hall–Kier alpha value is -0.990. The standard InChI is InChI=1S/C9H15N3/c1-3-9(4-5-9)7-6(2)8(10)12-11-7/h3-5H2,1-2H3,(H3,10,11,12). The van der Waals surface area contributed by atoms with Gasteiger partial charge in [-0.15, -0.1) is 0 Å². The Balaban J connectivity index is 2.40. The number of hydrogen-bond donors (Lipinski definition) is 2. The average Bonchev–Trinajstić information content (AvgIpc) is 2.79. The maximum Gasteiger partial charge on any atom is 0.148 e. The molecule has 1 fully saturated rings. The Kier molecular flexibility index (Phi) is 1.43. The van der Waals surface area contributed by atoms with E-state index in [4.69, 9.17) is 5.73 Å². The van der Waals surface area contributed by atoms with Gasteiger partial charge >= 0.3 is 0 Å². The molecule has 1 aliphatic rings. The average molecular weight is 165 g/mol. The molecule has 0 spiro atoms. The van der Waals surface area contributed by atoms with E-state index in [-0.39, 0.29) is 0 Å². The lowest BCUT2D eigenvalue weighted by molar-refractivity contribution is 0.634. The zero-order valence-corrected chi connectivity index (χ0v) is 7.65. The molecular weight excluding hydrogens is 150 g/mol. The van der Waals surface area contributed by atoms with Crippen molar-refractivity contribution >= 4 is 5.82 Å². The lowest BCUT2D eigenvalue weighted by atomic mass is 9.96. The van der Waals surface area contributed by atoms with Crippen LogP contribution in [-0.2, 0) is 5.41 Å². The summed E-state index contributed by atoms with van der Waals surface area (Å²) >= 11 is 0. The molecule has 1 aromatic heterocycles. The Morgan fingerprint density at radius 1 is 1.58 bits per heavy atom. The molecule has 1 aromatic rings. The van der Waals surface area contributed by atoms with Crippen molar-refractivity contribution in [2.75, 3.05) is 5.73 Å². The van der Waals surface area contributed by atoms with Crippen molar-refractivity contribution in [1.82, 2.24) is 10.2 Å². The second-order valence-electron chi connectivity index (χ2n) is 3.74. The van der Waals surface area contributed by atoms with Gasteiger partial charge in [-0.05, 0) is 26.2 Å². The van der Waals surface area contributed by atoms with Crippen LogP contribution in [-0.4, -0.2) is 10.2 Å². The van der Waals surface area contributed by atoms with Crippen LogP contribution in [0.15, 0.2) is 0 Å². The third-order valence-corrected chi connectivity index (χ3v) is 3.11. The Morgan fingerprint density at radius 2 is 2.25 bits per heavy atom. The van der Waals surface area contributed by atoms with Crippen molar-refractivity contribution < 1.29 is 0 Å². The normalized spacial score (nSPS) is 19.5. The van der Waals surface area contributed by atoms with Gasteiger partial charge in [0, 0.05) is 16.7 Å². The monoisotopic (exact) mass is 165 g/mol. The van der Waals surface area contributed by atoms with E-state index in [1.807, 2.05) is 6.92 Å². The second-order valence-corrected chi connectivity index (χ2v) is 3.74. The van der Waals surface area contributed by atoms with Gasteiger partial charge < -0.3 is 5.73 Å². The molecule has 1 saturated carbocycles. The van der Waals surface area contributed by atoms with Gasteiger partial charge in [0.25, 0.3) is 0 Å². The first-order chi connectivity index (χ1) is 5.69. The molecule has 66 valence electrons. The number of nitrogens with two attached hydrogens (primary N) is 1. The lowest BCUT2D eigenvalue weighted by Gasteiger charge is -2.10. The fourth-order valence-corrected chi connectivity index (χ4v) is 1.86. The van der Waals surface area contributed by atoms with Gasteiger partial charge in [0.1, 0.15) is 5.82 Å². The molecular formula is C9H15N3. The Labute approximate surface area is 72.4 Å². The molecule has 3 N–H and O–H groups in total. The highest BCUT2D eigenvalue weighted by Crippen LogP contribution is 2.51. The summed E-state index contributed by atoms with van der Waals surface area (Å²) in [5.74, 6) is 0.657. The number of aromatic nitrogens is 2. The van der Waals surface area contributed by atoms with E-state index in [1.54, 1.807) is 0 Å². The van der Waals surface area contributed by atoms with Crippen LogP contribution in [0.5, 0.6) is 0 Å². The summed E-state index contributed by atoms with van der Waals surface area (Å²) in [5, 5.41) is 7.08. The van der Waals surface area contributed by atoms with Gasteiger partial charge in [-0.25, -0.2) is 0 Å². The first-order valence-electron chi connectivity index (χ1n) is 4.50. The number of aromatic amines is 1. The summed E-state index contributed by atoms with van der Waals surface area (Å²) in [6.45, 7) is 4.27. The van der Waals surface area contributed by atoms with Gasteiger partial charge in [-0.2, -0.15) is 5.10 Å². The molecule has 0 atom stereocenters. The number of nitrogen functional groups attached to an aromatic ring is 1. The maximum atomic E-state index is 5.68. The zero-order valence-electron chi connectivity index (χ0n) is 7.65. The van der Waals surface area contributed by atoms with Crippen LogP contribution in [0.1, 0.15) is 37.4 Å². The lowest BCUT2D eigenvalue weighted by Crippen LogP contribution is -2.06. The summed E-state index contributed by atoms with van der Waals surface area (Å²) in [6, 6.07) is 0. The second kappa shape index (κ2) is 2.25. The molecule has 0 radical (unpaired) electrons. The Morgan fingerprint density at radius 3 is 2.58 bits per heavy atom. The van der Waals surface area contributed by atoms with Crippen molar-refractivity contribution in [3.63, 3.8) is 0 Å². The summed E-state index contributed by atoms with van der Waals surface area (Å²) in [4.78, 5) is 0. The molecule has 0 aromatic carbocycles. The van der Waals surface area contributed by atoms with E-state index in [2.05, 4.69) is 17.1 Å². The number of H-pyrrole nitrogens is 1. The predicted octanol–water partition coefficient (Wildman–Crippen LogP) is 1.74. The van der Waals surface area contributed by atoms with Crippen molar-refractivity contribution in [3.05, 3.63) is 11.3 Å². The topological polar surface area (TPSA) is 54.7 Å². The molecule has 0 saturated heterocycles. The number of nitrogens with one attached hydrogen (secondary N) is 1. The zero-order chi connectivity index (χ0) is 8.77. The van der Waals surface area contributed by atoms with E-state index in [0.717, 1.165) is 5.56 Å². The first kappa shape index (κ1) is 7.65. The van der Waals surface area contributed by atoms with Crippen molar-refractivity contribution in [1.29, 1.82) is 0 Å². The van der Waals surface area contributed by atoms with Gasteiger partial charge in [0.2, 0.25) is 0 Å². The highest BCUT2D eigenvalue weighted by Gasteiger charge is 2.45. The third kappa shape index (κ3) is 0.854. The summed E-state index contributed by atoms with van der Waals surface area (Å²) in [5.41, 5.74) is 8.49. The molecule has 1 heterocycles. The van der Waals surface area contributed by atoms with Crippen LogP contribution in [0.3, 0.4) is 0 Å². The number of anilines is 1. The molecule has 2 rings (SSSR count). The fraction of sp³-hybridized carbons (Fsp3) is 0.667. The van der Waals surface area contributed by atoms with E-state index >= 15 is 0 Å². The van der Waals surface area contributed by atoms with Gasteiger partial charge in [-0.3, -0.25) is 5.10 Å². The van der Waals surface area contributed by atoms with Crippen LogP contribution in [0.4, 0.5) is 5.82 Å². The molecule has 0 unspecified atom stereocenters. The minimum absolute atomic E-state index is 0.398. The summed E-state index contributed by atoms with van der Waals surface area (Å²) < 4.78 is 0. The van der Waals surface area contributed by atoms with Crippen LogP contribution in [0.2, 0.25) is 0 Å². The molecule has 3 heteroatoms. The maximum absolute atomic E-state index is 5.68. The first-order valence-corrected chi connectivity index (χ1v) is 4.50.